The van der Waals surface area contributed by atoms with Gasteiger partial charge in [0.15, 0.2) is 0 Å². The number of nitrogens with zero attached hydrogens (tertiary/aromatic N) is 5. The number of benzene rings is 1. The maximum absolute atomic E-state index is 13.5. The number of rotatable bonds is 4. The van der Waals surface area contributed by atoms with Gasteiger partial charge in [0.2, 0.25) is 0 Å². The van der Waals surface area contributed by atoms with Crippen molar-refractivity contribution < 1.29 is 13.2 Å². The van der Waals surface area contributed by atoms with Crippen molar-refractivity contribution in [1.29, 1.82) is 0 Å². The molecule has 2 unspecified atom stereocenters. The Bertz CT molecular complexity index is 951. The Labute approximate surface area is 194 Å². The SMILES string of the molecule is CC1CN(c2ccc(C(F)(F)F)c3nccnc23)CC1CN1CCC(N2CCCCC2)CC1. The maximum Gasteiger partial charge on any atom is 0.418 e. The summed E-state index contributed by atoms with van der Waals surface area (Å²) in [6.45, 7) is 9.86. The van der Waals surface area contributed by atoms with E-state index in [2.05, 4.69) is 31.6 Å². The molecule has 0 saturated carbocycles. The molecule has 0 amide bonds. The minimum atomic E-state index is -4.44. The summed E-state index contributed by atoms with van der Waals surface area (Å²) < 4.78 is 40.4. The van der Waals surface area contributed by atoms with E-state index < -0.39 is 11.7 Å². The molecule has 2 aromatic rings. The third-order valence-electron chi connectivity index (χ3n) is 7.97. The quantitative estimate of drug-likeness (QED) is 0.661. The summed E-state index contributed by atoms with van der Waals surface area (Å²) in [5.74, 6) is 0.990. The highest BCUT2D eigenvalue weighted by molar-refractivity contribution is 5.90. The Hall–Kier alpha value is -1.93. The molecule has 5 rings (SSSR count). The number of hydrogen-bond donors (Lipinski definition) is 0. The topological polar surface area (TPSA) is 35.5 Å². The second-order valence-electron chi connectivity index (χ2n) is 10.2. The molecule has 4 heterocycles. The molecule has 8 heteroatoms. The van der Waals surface area contributed by atoms with Crippen LogP contribution in [0.2, 0.25) is 0 Å². The van der Waals surface area contributed by atoms with Gasteiger partial charge in [-0.3, -0.25) is 9.97 Å². The molecule has 2 atom stereocenters. The van der Waals surface area contributed by atoms with Crippen LogP contribution in [0, 0.1) is 11.8 Å². The van der Waals surface area contributed by atoms with Gasteiger partial charge in [0.05, 0.1) is 11.3 Å². The van der Waals surface area contributed by atoms with E-state index in [0.29, 0.717) is 17.4 Å². The molecule has 3 fully saturated rings. The average Bonchev–Trinajstić information content (AvgIpc) is 3.18. The highest BCUT2D eigenvalue weighted by atomic mass is 19.4. The summed E-state index contributed by atoms with van der Waals surface area (Å²) in [4.78, 5) is 15.9. The fourth-order valence-corrected chi connectivity index (χ4v) is 6.08. The van der Waals surface area contributed by atoms with Crippen molar-refractivity contribution in [1.82, 2.24) is 19.8 Å². The first-order chi connectivity index (χ1) is 15.9. The smallest absolute Gasteiger partial charge is 0.369 e. The van der Waals surface area contributed by atoms with Crippen molar-refractivity contribution in [2.24, 2.45) is 11.8 Å². The first-order valence-corrected chi connectivity index (χ1v) is 12.4. The van der Waals surface area contributed by atoms with Gasteiger partial charge < -0.3 is 14.7 Å². The van der Waals surface area contributed by atoms with Gasteiger partial charge in [0.1, 0.15) is 11.0 Å². The molecule has 180 valence electrons. The first kappa shape index (κ1) is 22.8. The standard InChI is InChI=1S/C25H34F3N5/c1-18-15-33(22-6-5-21(25(26,27)28)23-24(22)30-10-9-29-23)17-19(18)16-31-13-7-20(8-14-31)32-11-3-2-4-12-32/h5-6,9-10,18-20H,2-4,7-8,11-17H2,1H3. The Kier molecular flexibility index (Phi) is 6.49. The number of piperidine rings is 2. The summed E-state index contributed by atoms with van der Waals surface area (Å²) in [6.07, 6.45) is 4.96. The highest BCUT2D eigenvalue weighted by Crippen LogP contribution is 2.39. The van der Waals surface area contributed by atoms with Crippen molar-refractivity contribution in [2.45, 2.75) is 51.2 Å². The molecule has 33 heavy (non-hydrogen) atoms. The number of hydrogen-bond acceptors (Lipinski definition) is 5. The minimum Gasteiger partial charge on any atom is -0.369 e. The number of likely N-dealkylation sites (tertiary alicyclic amines) is 2. The van der Waals surface area contributed by atoms with E-state index in [-0.39, 0.29) is 5.52 Å². The average molecular weight is 462 g/mol. The fraction of sp³-hybridized carbons (Fsp3) is 0.680. The van der Waals surface area contributed by atoms with Gasteiger partial charge >= 0.3 is 6.18 Å². The second kappa shape index (κ2) is 9.37. The van der Waals surface area contributed by atoms with E-state index in [1.54, 1.807) is 6.07 Å². The molecule has 1 aromatic heterocycles. The van der Waals surface area contributed by atoms with Gasteiger partial charge in [-0.05, 0) is 75.8 Å². The summed E-state index contributed by atoms with van der Waals surface area (Å²) in [6, 6.07) is 3.49. The van der Waals surface area contributed by atoms with E-state index >= 15 is 0 Å². The predicted molar refractivity (Wildman–Crippen MR) is 124 cm³/mol. The molecule has 0 radical (unpaired) electrons. The molecule has 1 aromatic carbocycles. The van der Waals surface area contributed by atoms with Crippen LogP contribution in [0.25, 0.3) is 11.0 Å². The normalized spacial score (nSPS) is 26.4. The van der Waals surface area contributed by atoms with Crippen LogP contribution >= 0.6 is 0 Å². The van der Waals surface area contributed by atoms with Crippen molar-refractivity contribution in [3.8, 4) is 0 Å². The van der Waals surface area contributed by atoms with Crippen molar-refractivity contribution >= 4 is 16.7 Å². The lowest BCUT2D eigenvalue weighted by Crippen LogP contribution is -2.47. The number of anilines is 1. The number of fused-ring (bicyclic) bond motifs is 1. The van der Waals surface area contributed by atoms with Gasteiger partial charge in [-0.25, -0.2) is 0 Å². The molecule has 3 saturated heterocycles. The molecule has 5 nitrogen and oxygen atoms in total. The van der Waals surface area contributed by atoms with Gasteiger partial charge in [-0.15, -0.1) is 0 Å². The molecule has 0 spiro atoms. The molecule has 0 N–H and O–H groups in total. The zero-order valence-electron chi connectivity index (χ0n) is 19.4. The summed E-state index contributed by atoms with van der Waals surface area (Å²) in [5.41, 5.74) is 0.347. The van der Waals surface area contributed by atoms with Crippen LogP contribution in [0.4, 0.5) is 18.9 Å². The monoisotopic (exact) mass is 461 g/mol. The number of aromatic nitrogens is 2. The van der Waals surface area contributed by atoms with Crippen LogP contribution in [0.1, 0.15) is 44.6 Å². The van der Waals surface area contributed by atoms with Crippen LogP contribution in [-0.4, -0.2) is 71.6 Å². The van der Waals surface area contributed by atoms with Gasteiger partial charge in [0.25, 0.3) is 0 Å². The van der Waals surface area contributed by atoms with Crippen molar-refractivity contribution in [3.05, 3.63) is 30.1 Å². The van der Waals surface area contributed by atoms with E-state index in [1.807, 2.05) is 0 Å². The van der Waals surface area contributed by atoms with Crippen LogP contribution in [0.5, 0.6) is 0 Å². The number of alkyl halides is 3. The lowest BCUT2D eigenvalue weighted by molar-refractivity contribution is -0.136. The van der Waals surface area contributed by atoms with Crippen molar-refractivity contribution in [3.63, 3.8) is 0 Å². The third kappa shape index (κ3) is 4.83. The van der Waals surface area contributed by atoms with Crippen LogP contribution < -0.4 is 4.90 Å². The van der Waals surface area contributed by atoms with E-state index in [4.69, 9.17) is 0 Å². The third-order valence-corrected chi connectivity index (χ3v) is 7.97. The number of halogens is 3. The highest BCUT2D eigenvalue weighted by Gasteiger charge is 2.37. The van der Waals surface area contributed by atoms with Crippen LogP contribution in [-0.2, 0) is 6.18 Å². The largest absolute Gasteiger partial charge is 0.418 e. The molecule has 3 aliphatic heterocycles. The summed E-state index contributed by atoms with van der Waals surface area (Å²) >= 11 is 0. The van der Waals surface area contributed by atoms with E-state index in [1.165, 1.54) is 57.6 Å². The molecule has 0 aliphatic carbocycles. The minimum absolute atomic E-state index is 0.0570. The fourth-order valence-electron chi connectivity index (χ4n) is 6.08. The molecular weight excluding hydrogens is 427 g/mol. The second-order valence-corrected chi connectivity index (χ2v) is 10.2. The van der Waals surface area contributed by atoms with E-state index in [9.17, 15) is 13.2 Å². The van der Waals surface area contributed by atoms with Crippen molar-refractivity contribution in [2.75, 3.05) is 50.7 Å². The lowest BCUT2D eigenvalue weighted by Gasteiger charge is -2.41. The zero-order valence-corrected chi connectivity index (χ0v) is 19.4. The van der Waals surface area contributed by atoms with Crippen LogP contribution in [0.15, 0.2) is 24.5 Å². The summed E-state index contributed by atoms with van der Waals surface area (Å²) in [7, 11) is 0. The maximum atomic E-state index is 13.5. The van der Waals surface area contributed by atoms with E-state index in [0.717, 1.165) is 50.5 Å². The van der Waals surface area contributed by atoms with Gasteiger partial charge in [0, 0.05) is 38.1 Å². The zero-order chi connectivity index (χ0) is 23.0. The summed E-state index contributed by atoms with van der Waals surface area (Å²) in [5, 5.41) is 0. The molecular formula is C25H34F3N5. The Morgan fingerprint density at radius 2 is 1.61 bits per heavy atom. The van der Waals surface area contributed by atoms with Crippen LogP contribution in [0.3, 0.4) is 0 Å². The lowest BCUT2D eigenvalue weighted by atomic mass is 9.95. The van der Waals surface area contributed by atoms with Gasteiger partial charge in [-0.2, -0.15) is 13.2 Å². The molecule has 3 aliphatic rings. The Balaban J connectivity index is 1.24. The first-order valence-electron chi connectivity index (χ1n) is 12.4. The van der Waals surface area contributed by atoms with Gasteiger partial charge in [-0.1, -0.05) is 13.3 Å². The predicted octanol–water partition coefficient (Wildman–Crippen LogP) is 4.67. The molecule has 0 bridgehead atoms. The Morgan fingerprint density at radius 3 is 2.30 bits per heavy atom. The Morgan fingerprint density at radius 1 is 0.909 bits per heavy atom.